The van der Waals surface area contributed by atoms with Crippen LogP contribution in [0.15, 0.2) is 36.4 Å². The lowest BCUT2D eigenvalue weighted by Gasteiger charge is -2.33. The van der Waals surface area contributed by atoms with Gasteiger partial charge in [0.25, 0.3) is 0 Å². The Morgan fingerprint density at radius 1 is 1.29 bits per heavy atom. The summed E-state index contributed by atoms with van der Waals surface area (Å²) in [5.41, 5.74) is 2.35. The lowest BCUT2D eigenvalue weighted by atomic mass is 9.70. The molecule has 1 saturated carbocycles. The van der Waals surface area contributed by atoms with Crippen molar-refractivity contribution in [2.75, 3.05) is 0 Å². The maximum absolute atomic E-state index is 11.8. The third-order valence-corrected chi connectivity index (χ3v) is 5.32. The minimum absolute atomic E-state index is 0.628. The highest BCUT2D eigenvalue weighted by Crippen LogP contribution is 2.40. The summed E-state index contributed by atoms with van der Waals surface area (Å²) in [5.74, 6) is -0.0685. The zero-order valence-corrected chi connectivity index (χ0v) is 14.5. The van der Waals surface area contributed by atoms with Gasteiger partial charge in [0.05, 0.1) is 10.9 Å². The third kappa shape index (κ3) is 3.35. The quantitative estimate of drug-likeness (QED) is 0.852. The standard InChI is InChI=1S/C21H25NO2/c1-3-18-7-6-17-5-4-16(14-19(17)22-18)10-13-21(20(23)24)11-8-15(2)9-12-21/h4-7,10,13-15H,3,8-9,11-12H2,1-2H3,(H,23,24)/b13-10+. The van der Waals surface area contributed by atoms with E-state index in [9.17, 15) is 9.90 Å². The fourth-order valence-electron chi connectivity index (χ4n) is 3.46. The van der Waals surface area contributed by atoms with Gasteiger partial charge in [-0.25, -0.2) is 0 Å². The highest BCUT2D eigenvalue weighted by molar-refractivity contribution is 5.82. The van der Waals surface area contributed by atoms with Crippen LogP contribution in [0.4, 0.5) is 0 Å². The van der Waals surface area contributed by atoms with Crippen LogP contribution >= 0.6 is 0 Å². The smallest absolute Gasteiger partial charge is 0.313 e. The van der Waals surface area contributed by atoms with E-state index in [1.807, 2.05) is 24.3 Å². The number of hydrogen-bond donors (Lipinski definition) is 1. The van der Waals surface area contributed by atoms with Gasteiger partial charge in [0.15, 0.2) is 0 Å². The molecule has 0 atom stereocenters. The average Bonchev–Trinajstić information content (AvgIpc) is 2.60. The Labute approximate surface area is 143 Å². The summed E-state index contributed by atoms with van der Waals surface area (Å²) in [6.45, 7) is 4.30. The molecular weight excluding hydrogens is 298 g/mol. The van der Waals surface area contributed by atoms with E-state index in [0.717, 1.165) is 54.3 Å². The number of aliphatic carboxylic acids is 1. The van der Waals surface area contributed by atoms with Gasteiger partial charge in [0.1, 0.15) is 0 Å². The first-order valence-electron chi connectivity index (χ1n) is 8.85. The molecule has 3 heteroatoms. The molecule has 1 aliphatic carbocycles. The third-order valence-electron chi connectivity index (χ3n) is 5.32. The highest BCUT2D eigenvalue weighted by atomic mass is 16.4. The summed E-state index contributed by atoms with van der Waals surface area (Å²) in [6, 6.07) is 10.3. The molecule has 0 unspecified atom stereocenters. The van der Waals surface area contributed by atoms with Gasteiger partial charge in [-0.05, 0) is 55.7 Å². The van der Waals surface area contributed by atoms with E-state index in [1.54, 1.807) is 0 Å². The maximum Gasteiger partial charge on any atom is 0.313 e. The van der Waals surface area contributed by atoms with E-state index in [2.05, 4.69) is 37.0 Å². The number of benzene rings is 1. The van der Waals surface area contributed by atoms with Crippen molar-refractivity contribution in [2.45, 2.75) is 46.0 Å². The molecule has 1 fully saturated rings. The molecule has 3 nitrogen and oxygen atoms in total. The minimum atomic E-state index is -0.708. The van der Waals surface area contributed by atoms with E-state index in [1.165, 1.54) is 0 Å². The van der Waals surface area contributed by atoms with Crippen molar-refractivity contribution in [3.63, 3.8) is 0 Å². The maximum atomic E-state index is 11.8. The van der Waals surface area contributed by atoms with Crippen LogP contribution in [0.3, 0.4) is 0 Å². The van der Waals surface area contributed by atoms with Crippen LogP contribution in [-0.4, -0.2) is 16.1 Å². The van der Waals surface area contributed by atoms with Crippen LogP contribution in [-0.2, 0) is 11.2 Å². The van der Waals surface area contributed by atoms with Gasteiger partial charge < -0.3 is 5.11 Å². The van der Waals surface area contributed by atoms with Crippen molar-refractivity contribution in [3.8, 4) is 0 Å². The number of nitrogens with zero attached hydrogens (tertiary/aromatic N) is 1. The molecule has 24 heavy (non-hydrogen) atoms. The van der Waals surface area contributed by atoms with Crippen LogP contribution in [0, 0.1) is 11.3 Å². The van der Waals surface area contributed by atoms with Crippen LogP contribution < -0.4 is 0 Å². The van der Waals surface area contributed by atoms with Crippen molar-refractivity contribution in [2.24, 2.45) is 11.3 Å². The average molecular weight is 323 g/mol. The largest absolute Gasteiger partial charge is 0.481 e. The summed E-state index contributed by atoms with van der Waals surface area (Å²) >= 11 is 0. The summed E-state index contributed by atoms with van der Waals surface area (Å²) in [6.07, 6.45) is 8.20. The molecule has 0 aliphatic heterocycles. The van der Waals surface area contributed by atoms with Gasteiger partial charge in [-0.15, -0.1) is 0 Å². The molecule has 3 rings (SSSR count). The Morgan fingerprint density at radius 3 is 2.67 bits per heavy atom. The molecule has 0 amide bonds. The SMILES string of the molecule is CCc1ccc2ccc(/C=C/C3(C(=O)O)CCC(C)CC3)cc2n1. The predicted molar refractivity (Wildman–Crippen MR) is 97.9 cm³/mol. The van der Waals surface area contributed by atoms with Crippen molar-refractivity contribution in [3.05, 3.63) is 47.7 Å². The second kappa shape index (κ2) is 6.76. The number of fused-ring (bicyclic) bond motifs is 1. The molecule has 1 aromatic heterocycles. The number of pyridine rings is 1. The number of hydrogen-bond acceptors (Lipinski definition) is 2. The van der Waals surface area contributed by atoms with Crippen molar-refractivity contribution in [1.82, 2.24) is 4.98 Å². The molecule has 0 radical (unpaired) electrons. The molecule has 1 heterocycles. The first kappa shape index (κ1) is 16.7. The summed E-state index contributed by atoms with van der Waals surface area (Å²) < 4.78 is 0. The highest BCUT2D eigenvalue weighted by Gasteiger charge is 2.38. The molecule has 0 saturated heterocycles. The van der Waals surface area contributed by atoms with Crippen molar-refractivity contribution >= 4 is 22.9 Å². The van der Waals surface area contributed by atoms with Gasteiger partial charge in [-0.2, -0.15) is 0 Å². The molecule has 0 bridgehead atoms. The Hall–Kier alpha value is -2.16. The first-order valence-corrected chi connectivity index (χ1v) is 8.85. The number of carboxylic acid groups (broad SMARTS) is 1. The molecule has 1 aliphatic rings. The van der Waals surface area contributed by atoms with Crippen molar-refractivity contribution in [1.29, 1.82) is 0 Å². The predicted octanol–water partition coefficient (Wildman–Crippen LogP) is 5.09. The Kier molecular flexibility index (Phi) is 4.70. The minimum Gasteiger partial charge on any atom is -0.481 e. The van der Waals surface area contributed by atoms with Gasteiger partial charge in [-0.1, -0.05) is 44.2 Å². The fourth-order valence-corrected chi connectivity index (χ4v) is 3.46. The summed E-state index contributed by atoms with van der Waals surface area (Å²) in [5, 5.41) is 10.8. The van der Waals surface area contributed by atoms with Gasteiger partial charge in [0.2, 0.25) is 0 Å². The van der Waals surface area contributed by atoms with Crippen LogP contribution in [0.1, 0.15) is 50.8 Å². The topological polar surface area (TPSA) is 50.2 Å². The fraction of sp³-hybridized carbons (Fsp3) is 0.429. The van der Waals surface area contributed by atoms with Crippen molar-refractivity contribution < 1.29 is 9.90 Å². The molecule has 126 valence electrons. The lowest BCUT2D eigenvalue weighted by Crippen LogP contribution is -2.33. The second-order valence-electron chi connectivity index (χ2n) is 7.09. The number of carboxylic acids is 1. The molecule has 2 aromatic rings. The lowest BCUT2D eigenvalue weighted by molar-refractivity contribution is -0.148. The molecule has 1 aromatic carbocycles. The number of aromatic nitrogens is 1. The number of rotatable bonds is 4. The van der Waals surface area contributed by atoms with Gasteiger partial charge in [-0.3, -0.25) is 9.78 Å². The Bertz CT molecular complexity index is 771. The van der Waals surface area contributed by atoms with E-state index in [4.69, 9.17) is 0 Å². The van der Waals surface area contributed by atoms with Gasteiger partial charge in [0, 0.05) is 11.1 Å². The zero-order valence-electron chi connectivity index (χ0n) is 14.5. The summed E-state index contributed by atoms with van der Waals surface area (Å²) in [7, 11) is 0. The number of aryl methyl sites for hydroxylation is 1. The number of carbonyl (C=O) groups is 1. The first-order chi connectivity index (χ1) is 11.5. The molecular formula is C21H25NO2. The van der Waals surface area contributed by atoms with E-state index < -0.39 is 11.4 Å². The molecule has 1 N–H and O–H groups in total. The summed E-state index contributed by atoms with van der Waals surface area (Å²) in [4.78, 5) is 16.5. The molecule has 0 spiro atoms. The van der Waals surface area contributed by atoms with E-state index in [0.29, 0.717) is 5.92 Å². The van der Waals surface area contributed by atoms with E-state index in [-0.39, 0.29) is 0 Å². The van der Waals surface area contributed by atoms with E-state index >= 15 is 0 Å². The van der Waals surface area contributed by atoms with Crippen LogP contribution in [0.2, 0.25) is 0 Å². The second-order valence-corrected chi connectivity index (χ2v) is 7.09. The van der Waals surface area contributed by atoms with Crippen LogP contribution in [0.5, 0.6) is 0 Å². The Morgan fingerprint density at radius 2 is 2.00 bits per heavy atom. The normalized spacial score (nSPS) is 24.5. The van der Waals surface area contributed by atoms with Crippen LogP contribution in [0.25, 0.3) is 17.0 Å². The monoisotopic (exact) mass is 323 g/mol. The zero-order chi connectivity index (χ0) is 17.2. The Balaban J connectivity index is 1.89. The van der Waals surface area contributed by atoms with Gasteiger partial charge >= 0.3 is 5.97 Å².